The van der Waals surface area contributed by atoms with Crippen molar-refractivity contribution in [1.29, 1.82) is 0 Å². The molecule has 76 valence electrons. The first-order chi connectivity index (χ1) is 6.50. The fourth-order valence-corrected chi connectivity index (χ4v) is 0.926. The molecule has 1 rings (SSSR count). The van der Waals surface area contributed by atoms with Gasteiger partial charge in [0.25, 0.3) is 0 Å². The number of carbonyl (C=O) groups excluding carboxylic acids is 1. The number of rotatable bonds is 3. The van der Waals surface area contributed by atoms with E-state index in [1.165, 1.54) is 0 Å². The molecule has 3 nitrogen and oxygen atoms in total. The van der Waals surface area contributed by atoms with Crippen molar-refractivity contribution in [1.82, 2.24) is 9.78 Å². The molecule has 0 atom stereocenters. The lowest BCUT2D eigenvalue weighted by molar-refractivity contribution is -0.121. The molecule has 0 aromatic carbocycles. The zero-order chi connectivity index (χ0) is 10.6. The van der Waals surface area contributed by atoms with Gasteiger partial charge in [-0.15, -0.1) is 0 Å². The Labute approximate surface area is 84.4 Å². The molecule has 0 aliphatic carbocycles. The Kier molecular flexibility index (Phi) is 3.23. The van der Waals surface area contributed by atoms with Crippen molar-refractivity contribution in [2.75, 3.05) is 0 Å². The lowest BCUT2D eigenvalue weighted by atomic mass is 9.91. The van der Waals surface area contributed by atoms with Crippen LogP contribution in [0.15, 0.2) is 30.6 Å². The van der Waals surface area contributed by atoms with E-state index in [0.29, 0.717) is 6.54 Å². The summed E-state index contributed by atoms with van der Waals surface area (Å²) in [7, 11) is 0. The molecule has 0 saturated heterocycles. The van der Waals surface area contributed by atoms with Crippen LogP contribution < -0.4 is 0 Å². The molecule has 1 aromatic rings. The molecule has 1 heterocycles. The van der Waals surface area contributed by atoms with Crippen molar-refractivity contribution in [3.63, 3.8) is 0 Å². The van der Waals surface area contributed by atoms with Crippen LogP contribution in [0.4, 0.5) is 0 Å². The molecular weight excluding hydrogens is 176 g/mol. The topological polar surface area (TPSA) is 34.9 Å². The fraction of sp³-hybridized carbons (Fsp3) is 0.455. The predicted molar refractivity (Wildman–Crippen MR) is 55.8 cm³/mol. The molecule has 0 amide bonds. The van der Waals surface area contributed by atoms with Crippen LogP contribution in [0.25, 0.3) is 0 Å². The van der Waals surface area contributed by atoms with Crippen LogP contribution in [0.3, 0.4) is 0 Å². The van der Waals surface area contributed by atoms with E-state index in [-0.39, 0.29) is 11.2 Å². The first-order valence-corrected chi connectivity index (χ1v) is 4.68. The second kappa shape index (κ2) is 4.22. The maximum Gasteiger partial charge on any atom is 0.160 e. The lowest BCUT2D eigenvalue weighted by Crippen LogP contribution is -2.17. The molecule has 0 saturated carbocycles. The number of nitrogens with zero attached hydrogens (tertiary/aromatic N) is 2. The predicted octanol–water partition coefficient (Wildman–Crippen LogP) is 2.05. The summed E-state index contributed by atoms with van der Waals surface area (Å²) in [6, 6.07) is 1.86. The van der Waals surface area contributed by atoms with Gasteiger partial charge in [0.1, 0.15) is 0 Å². The van der Waals surface area contributed by atoms with Gasteiger partial charge in [-0.05, 0) is 12.1 Å². The molecule has 0 unspecified atom stereocenters. The zero-order valence-electron chi connectivity index (χ0n) is 8.90. The van der Waals surface area contributed by atoms with Gasteiger partial charge in [-0.1, -0.05) is 26.8 Å². The van der Waals surface area contributed by atoms with Gasteiger partial charge in [0, 0.05) is 17.8 Å². The second-order valence-electron chi connectivity index (χ2n) is 4.24. The average Bonchev–Trinajstić information content (AvgIpc) is 2.55. The molecule has 0 N–H and O–H groups in total. The highest BCUT2D eigenvalue weighted by Gasteiger charge is 2.17. The van der Waals surface area contributed by atoms with Crippen molar-refractivity contribution in [2.45, 2.75) is 27.3 Å². The Morgan fingerprint density at radius 1 is 1.50 bits per heavy atom. The average molecular weight is 192 g/mol. The summed E-state index contributed by atoms with van der Waals surface area (Å²) in [4.78, 5) is 11.5. The normalized spacial score (nSPS) is 12.2. The van der Waals surface area contributed by atoms with Crippen LogP contribution in [-0.4, -0.2) is 15.6 Å². The molecule has 0 fully saturated rings. The van der Waals surface area contributed by atoms with Crippen molar-refractivity contribution < 1.29 is 4.79 Å². The molecule has 3 heteroatoms. The monoisotopic (exact) mass is 192 g/mol. The SMILES string of the molecule is CC(C)(C)C(=O)/C=C/Cn1cccn1. The number of allylic oxidation sites excluding steroid dienone is 2. The first-order valence-electron chi connectivity index (χ1n) is 4.68. The van der Waals surface area contributed by atoms with E-state index in [0.717, 1.165) is 0 Å². The summed E-state index contributed by atoms with van der Waals surface area (Å²) in [6.45, 7) is 6.38. The first kappa shape index (κ1) is 10.7. The molecule has 0 aliphatic heterocycles. The van der Waals surface area contributed by atoms with Gasteiger partial charge in [-0.3, -0.25) is 9.48 Å². The highest BCUT2D eigenvalue weighted by atomic mass is 16.1. The molecule has 14 heavy (non-hydrogen) atoms. The summed E-state index contributed by atoms with van der Waals surface area (Å²) in [5, 5.41) is 4.03. The Morgan fingerprint density at radius 3 is 2.71 bits per heavy atom. The van der Waals surface area contributed by atoms with Gasteiger partial charge in [0.05, 0.1) is 6.54 Å². The van der Waals surface area contributed by atoms with Gasteiger partial charge in [-0.25, -0.2) is 0 Å². The summed E-state index contributed by atoms with van der Waals surface area (Å²) in [5.74, 6) is 0.143. The highest BCUT2D eigenvalue weighted by molar-refractivity contribution is 5.93. The van der Waals surface area contributed by atoms with Crippen molar-refractivity contribution in [3.05, 3.63) is 30.6 Å². The number of ketones is 1. The van der Waals surface area contributed by atoms with Crippen LogP contribution in [-0.2, 0) is 11.3 Å². The third kappa shape index (κ3) is 3.17. The van der Waals surface area contributed by atoms with Crippen LogP contribution in [0, 0.1) is 5.41 Å². The Morgan fingerprint density at radius 2 is 2.21 bits per heavy atom. The molecule has 0 aliphatic rings. The van der Waals surface area contributed by atoms with Gasteiger partial charge >= 0.3 is 0 Å². The van der Waals surface area contributed by atoms with E-state index >= 15 is 0 Å². The summed E-state index contributed by atoms with van der Waals surface area (Å²) < 4.78 is 1.77. The maximum absolute atomic E-state index is 11.5. The second-order valence-corrected chi connectivity index (χ2v) is 4.24. The Hall–Kier alpha value is -1.38. The van der Waals surface area contributed by atoms with Crippen molar-refractivity contribution in [2.24, 2.45) is 5.41 Å². The van der Waals surface area contributed by atoms with Crippen molar-refractivity contribution >= 4 is 5.78 Å². The Balaban J connectivity index is 2.46. The number of hydrogen-bond donors (Lipinski definition) is 0. The van der Waals surface area contributed by atoms with Gasteiger partial charge in [0.15, 0.2) is 5.78 Å². The van der Waals surface area contributed by atoms with Crippen LogP contribution >= 0.6 is 0 Å². The molecular formula is C11H16N2O. The molecule has 0 bridgehead atoms. The zero-order valence-corrected chi connectivity index (χ0v) is 8.90. The summed E-state index contributed by atoms with van der Waals surface area (Å²) >= 11 is 0. The van der Waals surface area contributed by atoms with E-state index in [4.69, 9.17) is 0 Å². The fourth-order valence-electron chi connectivity index (χ4n) is 0.926. The van der Waals surface area contributed by atoms with Crippen molar-refractivity contribution in [3.8, 4) is 0 Å². The van der Waals surface area contributed by atoms with E-state index < -0.39 is 0 Å². The van der Waals surface area contributed by atoms with Crippen LogP contribution in [0.2, 0.25) is 0 Å². The number of hydrogen-bond acceptors (Lipinski definition) is 2. The van der Waals surface area contributed by atoms with Crippen LogP contribution in [0.5, 0.6) is 0 Å². The standard InChI is InChI=1S/C11H16N2O/c1-11(2,3)10(14)6-4-8-13-9-5-7-12-13/h4-7,9H,8H2,1-3H3/b6-4+. The number of aromatic nitrogens is 2. The van der Waals surface area contributed by atoms with E-state index in [1.807, 2.05) is 39.1 Å². The molecule has 1 aromatic heterocycles. The summed E-state index contributed by atoms with van der Waals surface area (Å²) in [6.07, 6.45) is 7.05. The van der Waals surface area contributed by atoms with Gasteiger partial charge < -0.3 is 0 Å². The van der Waals surface area contributed by atoms with Gasteiger partial charge in [-0.2, -0.15) is 5.10 Å². The lowest BCUT2D eigenvalue weighted by Gasteiger charge is -2.12. The van der Waals surface area contributed by atoms with Crippen LogP contribution in [0.1, 0.15) is 20.8 Å². The van der Waals surface area contributed by atoms with Gasteiger partial charge in [0.2, 0.25) is 0 Å². The quantitative estimate of drug-likeness (QED) is 0.687. The third-order valence-corrected chi connectivity index (χ3v) is 1.86. The molecule has 0 spiro atoms. The summed E-state index contributed by atoms with van der Waals surface area (Å²) in [5.41, 5.74) is -0.291. The third-order valence-electron chi connectivity index (χ3n) is 1.86. The smallest absolute Gasteiger partial charge is 0.160 e. The minimum Gasteiger partial charge on any atom is -0.294 e. The minimum absolute atomic E-state index is 0.143. The highest BCUT2D eigenvalue weighted by Crippen LogP contribution is 2.14. The van der Waals surface area contributed by atoms with E-state index in [2.05, 4.69) is 5.10 Å². The number of carbonyl (C=O) groups is 1. The maximum atomic E-state index is 11.5. The Bertz CT molecular complexity index is 318. The minimum atomic E-state index is -0.291. The largest absolute Gasteiger partial charge is 0.294 e. The van der Waals surface area contributed by atoms with E-state index in [1.54, 1.807) is 17.0 Å². The van der Waals surface area contributed by atoms with E-state index in [9.17, 15) is 4.79 Å². The molecule has 0 radical (unpaired) electrons.